The lowest BCUT2D eigenvalue weighted by Gasteiger charge is -2.12. The first kappa shape index (κ1) is 17.6. The number of hydrogen-bond donors (Lipinski definition) is 2. The van der Waals surface area contributed by atoms with E-state index in [-0.39, 0.29) is 5.91 Å². The molecule has 132 valence electrons. The van der Waals surface area contributed by atoms with Gasteiger partial charge in [-0.1, -0.05) is 48.0 Å². The summed E-state index contributed by atoms with van der Waals surface area (Å²) >= 11 is 0. The number of carbonyl (C=O) groups excluding carboxylic acids is 1. The molecule has 0 radical (unpaired) electrons. The van der Waals surface area contributed by atoms with E-state index in [1.54, 1.807) is 6.20 Å². The zero-order valence-electron chi connectivity index (χ0n) is 15.2. The minimum absolute atomic E-state index is 0.238. The fourth-order valence-electron chi connectivity index (χ4n) is 2.74. The van der Waals surface area contributed by atoms with Gasteiger partial charge in [0.2, 0.25) is 0 Å². The highest BCUT2D eigenvalue weighted by molar-refractivity contribution is 5.92. The van der Waals surface area contributed by atoms with Crippen molar-refractivity contribution in [2.45, 2.75) is 27.3 Å². The smallest absolute Gasteiger partial charge is 0.271 e. The number of nitrogens with one attached hydrogen (secondary N) is 2. The third-order valence-corrected chi connectivity index (χ3v) is 4.15. The number of amides is 1. The maximum atomic E-state index is 12.2. The third-order valence-electron chi connectivity index (χ3n) is 4.15. The number of para-hydroxylation sites is 1. The molecule has 0 atom stereocenters. The number of benzene rings is 2. The Labute approximate surface area is 153 Å². The summed E-state index contributed by atoms with van der Waals surface area (Å²) in [6, 6.07) is 14.1. The van der Waals surface area contributed by atoms with Crippen LogP contribution in [0.5, 0.6) is 0 Å². The summed E-state index contributed by atoms with van der Waals surface area (Å²) in [5.41, 5.74) is 5.79. The molecule has 0 unspecified atom stereocenters. The average molecular weight is 346 g/mol. The Morgan fingerprint density at radius 2 is 1.69 bits per heavy atom. The van der Waals surface area contributed by atoms with Crippen LogP contribution in [0.4, 0.5) is 11.5 Å². The maximum Gasteiger partial charge on any atom is 0.271 e. The fraction of sp³-hybridized carbons (Fsp3) is 0.190. The molecule has 0 aliphatic carbocycles. The standard InChI is InChI=1S/C21H22N4O/c1-14-6-4-9-17(10-14)11-24-21(26)18-12-23-19(13-22-18)25-20-15(2)7-5-8-16(20)3/h4-10,12-13H,11H2,1-3H3,(H,23,25)(H,24,26). The van der Waals surface area contributed by atoms with Gasteiger partial charge in [-0.25, -0.2) is 9.97 Å². The van der Waals surface area contributed by atoms with E-state index in [1.165, 1.54) is 11.8 Å². The number of aryl methyl sites for hydroxylation is 3. The van der Waals surface area contributed by atoms with Gasteiger partial charge in [0, 0.05) is 12.2 Å². The molecule has 0 saturated carbocycles. The van der Waals surface area contributed by atoms with Crippen molar-refractivity contribution in [1.82, 2.24) is 15.3 Å². The van der Waals surface area contributed by atoms with E-state index in [9.17, 15) is 4.79 Å². The van der Waals surface area contributed by atoms with Gasteiger partial charge in [-0.05, 0) is 37.5 Å². The van der Waals surface area contributed by atoms with Gasteiger partial charge in [0.25, 0.3) is 5.91 Å². The molecule has 0 aliphatic rings. The molecule has 26 heavy (non-hydrogen) atoms. The molecule has 5 nitrogen and oxygen atoms in total. The molecule has 1 heterocycles. The Hall–Kier alpha value is -3.21. The van der Waals surface area contributed by atoms with E-state index in [0.29, 0.717) is 18.1 Å². The van der Waals surface area contributed by atoms with Gasteiger partial charge in [-0.15, -0.1) is 0 Å². The van der Waals surface area contributed by atoms with E-state index in [2.05, 4.69) is 20.6 Å². The minimum atomic E-state index is -0.238. The molecule has 3 rings (SSSR count). The summed E-state index contributed by atoms with van der Waals surface area (Å²) in [5, 5.41) is 6.13. The SMILES string of the molecule is Cc1cccc(CNC(=O)c2cnc(Nc3c(C)cccc3C)cn2)c1. The van der Waals surface area contributed by atoms with Crippen LogP contribution in [0.3, 0.4) is 0 Å². The van der Waals surface area contributed by atoms with Crippen molar-refractivity contribution in [2.24, 2.45) is 0 Å². The van der Waals surface area contributed by atoms with E-state index >= 15 is 0 Å². The molecule has 1 amide bonds. The molecule has 0 aliphatic heterocycles. The molecule has 5 heteroatoms. The van der Waals surface area contributed by atoms with Gasteiger partial charge in [0.15, 0.2) is 0 Å². The number of hydrogen-bond acceptors (Lipinski definition) is 4. The van der Waals surface area contributed by atoms with Crippen molar-refractivity contribution in [2.75, 3.05) is 5.32 Å². The molecular weight excluding hydrogens is 324 g/mol. The molecule has 0 bridgehead atoms. The van der Waals surface area contributed by atoms with Crippen LogP contribution in [0, 0.1) is 20.8 Å². The topological polar surface area (TPSA) is 66.9 Å². The van der Waals surface area contributed by atoms with Gasteiger partial charge in [-0.2, -0.15) is 0 Å². The molecule has 3 aromatic rings. The van der Waals surface area contributed by atoms with Crippen molar-refractivity contribution < 1.29 is 4.79 Å². The third kappa shape index (κ3) is 4.25. The highest BCUT2D eigenvalue weighted by Gasteiger charge is 2.09. The lowest BCUT2D eigenvalue weighted by atomic mass is 10.1. The Bertz CT molecular complexity index is 899. The van der Waals surface area contributed by atoms with Crippen molar-refractivity contribution in [3.63, 3.8) is 0 Å². The van der Waals surface area contributed by atoms with Crippen LogP contribution in [0.25, 0.3) is 0 Å². The van der Waals surface area contributed by atoms with Crippen LogP contribution < -0.4 is 10.6 Å². The summed E-state index contributed by atoms with van der Waals surface area (Å²) in [5.74, 6) is 0.371. The number of aromatic nitrogens is 2. The Balaban J connectivity index is 1.64. The van der Waals surface area contributed by atoms with Gasteiger partial charge in [-0.3, -0.25) is 4.79 Å². The molecule has 0 spiro atoms. The normalized spacial score (nSPS) is 10.4. The number of rotatable bonds is 5. The van der Waals surface area contributed by atoms with Crippen LogP contribution in [0.1, 0.15) is 32.7 Å². The highest BCUT2D eigenvalue weighted by atomic mass is 16.1. The predicted molar refractivity (Wildman–Crippen MR) is 104 cm³/mol. The lowest BCUT2D eigenvalue weighted by Crippen LogP contribution is -2.24. The van der Waals surface area contributed by atoms with Gasteiger partial charge >= 0.3 is 0 Å². The zero-order valence-corrected chi connectivity index (χ0v) is 15.2. The van der Waals surface area contributed by atoms with Gasteiger partial charge in [0.1, 0.15) is 11.5 Å². The lowest BCUT2D eigenvalue weighted by molar-refractivity contribution is 0.0945. The van der Waals surface area contributed by atoms with Gasteiger partial charge in [0.05, 0.1) is 12.4 Å². The molecule has 2 aromatic carbocycles. The van der Waals surface area contributed by atoms with Crippen LogP contribution in [0.2, 0.25) is 0 Å². The summed E-state index contributed by atoms with van der Waals surface area (Å²) in [4.78, 5) is 20.8. The van der Waals surface area contributed by atoms with Crippen LogP contribution in [0.15, 0.2) is 54.9 Å². The monoisotopic (exact) mass is 346 g/mol. The average Bonchev–Trinajstić information content (AvgIpc) is 2.63. The Morgan fingerprint density at radius 1 is 0.962 bits per heavy atom. The largest absolute Gasteiger partial charge is 0.347 e. The fourth-order valence-corrected chi connectivity index (χ4v) is 2.74. The molecule has 0 saturated heterocycles. The quantitative estimate of drug-likeness (QED) is 0.731. The maximum absolute atomic E-state index is 12.2. The van der Waals surface area contributed by atoms with E-state index in [4.69, 9.17) is 0 Å². The second-order valence-corrected chi connectivity index (χ2v) is 6.35. The first-order valence-corrected chi connectivity index (χ1v) is 8.52. The van der Waals surface area contributed by atoms with E-state index in [1.807, 2.05) is 63.2 Å². The van der Waals surface area contributed by atoms with Gasteiger partial charge < -0.3 is 10.6 Å². The Morgan fingerprint density at radius 3 is 2.35 bits per heavy atom. The summed E-state index contributed by atoms with van der Waals surface area (Å²) in [6.07, 6.45) is 3.06. The molecule has 2 N–H and O–H groups in total. The molecule has 1 aromatic heterocycles. The summed E-state index contributed by atoms with van der Waals surface area (Å²) < 4.78 is 0. The predicted octanol–water partition coefficient (Wildman–Crippen LogP) is 4.08. The number of nitrogens with zero attached hydrogens (tertiary/aromatic N) is 2. The van der Waals surface area contributed by atoms with Crippen LogP contribution in [-0.4, -0.2) is 15.9 Å². The number of carbonyl (C=O) groups is 1. The van der Waals surface area contributed by atoms with Crippen LogP contribution in [-0.2, 0) is 6.54 Å². The van der Waals surface area contributed by atoms with Crippen molar-refractivity contribution in [3.05, 3.63) is 82.8 Å². The van der Waals surface area contributed by atoms with E-state index < -0.39 is 0 Å². The molecular formula is C21H22N4O. The van der Waals surface area contributed by atoms with Crippen molar-refractivity contribution in [3.8, 4) is 0 Å². The molecule has 0 fully saturated rings. The second kappa shape index (κ2) is 7.78. The highest BCUT2D eigenvalue weighted by Crippen LogP contribution is 2.22. The first-order chi connectivity index (χ1) is 12.5. The summed E-state index contributed by atoms with van der Waals surface area (Å²) in [6.45, 7) is 6.56. The van der Waals surface area contributed by atoms with Crippen molar-refractivity contribution >= 4 is 17.4 Å². The van der Waals surface area contributed by atoms with E-state index in [0.717, 1.165) is 22.4 Å². The second-order valence-electron chi connectivity index (χ2n) is 6.35. The number of anilines is 2. The van der Waals surface area contributed by atoms with Crippen molar-refractivity contribution in [1.29, 1.82) is 0 Å². The van der Waals surface area contributed by atoms with Crippen LogP contribution >= 0.6 is 0 Å². The first-order valence-electron chi connectivity index (χ1n) is 8.52. The summed E-state index contributed by atoms with van der Waals surface area (Å²) in [7, 11) is 0. The Kier molecular flexibility index (Phi) is 5.27. The minimum Gasteiger partial charge on any atom is -0.347 e. The zero-order chi connectivity index (χ0) is 18.5.